The first-order chi connectivity index (χ1) is 11.6. The van der Waals surface area contributed by atoms with Crippen LogP contribution in [0.25, 0.3) is 0 Å². The Kier molecular flexibility index (Phi) is 3.06. The fourth-order valence-electron chi connectivity index (χ4n) is 3.90. The zero-order valence-corrected chi connectivity index (χ0v) is 13.8. The van der Waals surface area contributed by atoms with E-state index >= 15 is 0 Å². The minimum absolute atomic E-state index is 0.0331. The van der Waals surface area contributed by atoms with Gasteiger partial charge in [-0.05, 0) is 23.8 Å². The van der Waals surface area contributed by atoms with Crippen LogP contribution in [0.4, 0.5) is 17.2 Å². The SMILES string of the molecule is C=C/C(=C\C=N)N1c2ncncc2N2c3ccccc3C(C)(C)C12. The van der Waals surface area contributed by atoms with Crippen LogP contribution >= 0.6 is 0 Å². The molecule has 120 valence electrons. The van der Waals surface area contributed by atoms with Crippen LogP contribution in [0.1, 0.15) is 19.4 Å². The number of fused-ring (bicyclic) bond motifs is 5. The summed E-state index contributed by atoms with van der Waals surface area (Å²) in [5, 5.41) is 7.48. The Bertz CT molecular complexity index is 868. The Morgan fingerprint density at radius 2 is 2.08 bits per heavy atom. The fraction of sp³-hybridized carbons (Fsp3) is 0.211. The first-order valence-electron chi connectivity index (χ1n) is 7.92. The van der Waals surface area contributed by atoms with E-state index in [-0.39, 0.29) is 11.6 Å². The molecule has 4 rings (SSSR count). The van der Waals surface area contributed by atoms with Crippen molar-refractivity contribution in [3.8, 4) is 0 Å². The number of nitrogens with zero attached hydrogens (tertiary/aromatic N) is 4. The monoisotopic (exact) mass is 317 g/mol. The lowest BCUT2D eigenvalue weighted by molar-refractivity contribution is 0.444. The Morgan fingerprint density at radius 3 is 2.83 bits per heavy atom. The van der Waals surface area contributed by atoms with Crippen molar-refractivity contribution in [3.05, 3.63) is 66.8 Å². The van der Waals surface area contributed by atoms with Crippen molar-refractivity contribution in [2.75, 3.05) is 9.80 Å². The molecule has 1 unspecified atom stereocenters. The van der Waals surface area contributed by atoms with E-state index in [1.807, 2.05) is 6.20 Å². The zero-order chi connectivity index (χ0) is 16.9. The molecule has 0 bridgehead atoms. The molecule has 1 atom stereocenters. The number of hydrogen-bond acceptors (Lipinski definition) is 5. The zero-order valence-electron chi connectivity index (χ0n) is 13.8. The summed E-state index contributed by atoms with van der Waals surface area (Å²) >= 11 is 0. The summed E-state index contributed by atoms with van der Waals surface area (Å²) in [6.07, 6.45) is 8.28. The van der Waals surface area contributed by atoms with Gasteiger partial charge in [-0.15, -0.1) is 0 Å². The van der Waals surface area contributed by atoms with Crippen LogP contribution in [0, 0.1) is 5.41 Å². The molecule has 0 radical (unpaired) electrons. The second-order valence-electron chi connectivity index (χ2n) is 6.55. The van der Waals surface area contributed by atoms with Gasteiger partial charge in [0.05, 0.1) is 6.20 Å². The van der Waals surface area contributed by atoms with E-state index in [1.165, 1.54) is 17.5 Å². The summed E-state index contributed by atoms with van der Waals surface area (Å²) in [4.78, 5) is 13.2. The maximum atomic E-state index is 7.48. The molecule has 0 amide bonds. The number of allylic oxidation sites excluding steroid dienone is 2. The van der Waals surface area contributed by atoms with Crippen molar-refractivity contribution >= 4 is 23.4 Å². The second kappa shape index (κ2) is 5.03. The standard InChI is InChI=1S/C19H19N5/c1-4-13(9-10-20)23-17-16(11-21-12-22-17)24-15-8-6-5-7-14(15)19(2,3)18(23)24/h4-12,18,20H,1H2,2-3H3/b13-9+,20-10?. The topological polar surface area (TPSA) is 56.1 Å². The van der Waals surface area contributed by atoms with Gasteiger partial charge in [-0.1, -0.05) is 38.6 Å². The Labute approximate surface area is 141 Å². The molecule has 2 aromatic rings. The summed E-state index contributed by atoms with van der Waals surface area (Å²) in [5.74, 6) is 0.852. The maximum absolute atomic E-state index is 7.48. The molecule has 3 heterocycles. The van der Waals surface area contributed by atoms with Crippen LogP contribution in [0.5, 0.6) is 0 Å². The van der Waals surface area contributed by atoms with Crippen LogP contribution in [0.15, 0.2) is 61.2 Å². The van der Waals surface area contributed by atoms with Crippen LogP contribution in [-0.2, 0) is 5.41 Å². The average Bonchev–Trinajstić information content (AvgIpc) is 3.06. The van der Waals surface area contributed by atoms with E-state index in [1.54, 1.807) is 18.5 Å². The number of para-hydroxylation sites is 1. The van der Waals surface area contributed by atoms with Gasteiger partial charge in [0.2, 0.25) is 0 Å². The van der Waals surface area contributed by atoms with Gasteiger partial charge in [0.1, 0.15) is 18.2 Å². The van der Waals surface area contributed by atoms with E-state index in [0.717, 1.165) is 17.2 Å². The predicted molar refractivity (Wildman–Crippen MR) is 97.0 cm³/mol. The number of rotatable bonds is 3. The predicted octanol–water partition coefficient (Wildman–Crippen LogP) is 3.77. The van der Waals surface area contributed by atoms with Crippen molar-refractivity contribution in [3.63, 3.8) is 0 Å². The van der Waals surface area contributed by atoms with Gasteiger partial charge < -0.3 is 15.2 Å². The fourth-order valence-corrected chi connectivity index (χ4v) is 3.90. The summed E-state index contributed by atoms with van der Waals surface area (Å²) in [6.45, 7) is 8.42. The van der Waals surface area contributed by atoms with E-state index in [2.05, 4.69) is 64.5 Å². The van der Waals surface area contributed by atoms with E-state index in [9.17, 15) is 0 Å². The molecular formula is C19H19N5. The van der Waals surface area contributed by atoms with Crippen molar-refractivity contribution in [2.45, 2.75) is 25.4 Å². The molecule has 0 saturated heterocycles. The van der Waals surface area contributed by atoms with Crippen molar-refractivity contribution in [1.29, 1.82) is 5.41 Å². The van der Waals surface area contributed by atoms with Gasteiger partial charge in [0.25, 0.3) is 0 Å². The van der Waals surface area contributed by atoms with Crippen LogP contribution in [0.2, 0.25) is 0 Å². The van der Waals surface area contributed by atoms with Gasteiger partial charge in [-0.3, -0.25) is 0 Å². The molecule has 0 aliphatic carbocycles. The highest BCUT2D eigenvalue weighted by molar-refractivity contribution is 5.89. The molecule has 1 N–H and O–H groups in total. The molecule has 0 spiro atoms. The third-order valence-electron chi connectivity index (χ3n) is 4.89. The Morgan fingerprint density at radius 1 is 1.29 bits per heavy atom. The smallest absolute Gasteiger partial charge is 0.162 e. The second-order valence-corrected chi connectivity index (χ2v) is 6.55. The lowest BCUT2D eigenvalue weighted by Crippen LogP contribution is -2.48. The highest BCUT2D eigenvalue weighted by Gasteiger charge is 2.54. The number of hydrogen-bond donors (Lipinski definition) is 1. The van der Waals surface area contributed by atoms with Crippen molar-refractivity contribution < 1.29 is 0 Å². The average molecular weight is 317 g/mol. The quantitative estimate of drug-likeness (QED) is 0.691. The summed E-state index contributed by atoms with van der Waals surface area (Å²) in [6, 6.07) is 8.47. The van der Waals surface area contributed by atoms with Gasteiger partial charge >= 0.3 is 0 Å². The van der Waals surface area contributed by atoms with Crippen LogP contribution in [-0.4, -0.2) is 22.3 Å². The number of benzene rings is 1. The van der Waals surface area contributed by atoms with E-state index in [4.69, 9.17) is 5.41 Å². The third kappa shape index (κ3) is 1.72. The Hall–Kier alpha value is -2.95. The molecule has 2 aliphatic heterocycles. The normalized spacial score (nSPS) is 20.4. The summed E-state index contributed by atoms with van der Waals surface area (Å²) in [5.41, 5.74) is 4.20. The molecule has 0 fully saturated rings. The molecule has 2 aliphatic rings. The maximum Gasteiger partial charge on any atom is 0.162 e. The highest BCUT2D eigenvalue weighted by atomic mass is 15.5. The number of anilines is 3. The minimum atomic E-state index is -0.124. The van der Waals surface area contributed by atoms with E-state index in [0.29, 0.717) is 0 Å². The molecule has 24 heavy (non-hydrogen) atoms. The van der Waals surface area contributed by atoms with Crippen LogP contribution < -0.4 is 9.80 Å². The van der Waals surface area contributed by atoms with E-state index < -0.39 is 0 Å². The molecule has 5 heteroatoms. The highest BCUT2D eigenvalue weighted by Crippen LogP contribution is 2.56. The summed E-state index contributed by atoms with van der Waals surface area (Å²) < 4.78 is 0. The van der Waals surface area contributed by atoms with Crippen LogP contribution in [0.3, 0.4) is 0 Å². The van der Waals surface area contributed by atoms with Gasteiger partial charge in [-0.2, -0.15) is 0 Å². The molecule has 1 aromatic carbocycles. The van der Waals surface area contributed by atoms with Gasteiger partial charge in [0.15, 0.2) is 5.82 Å². The summed E-state index contributed by atoms with van der Waals surface area (Å²) in [7, 11) is 0. The molecule has 0 saturated carbocycles. The van der Waals surface area contributed by atoms with Gasteiger partial charge in [-0.25, -0.2) is 9.97 Å². The molecular weight excluding hydrogens is 298 g/mol. The Balaban J connectivity index is 2.01. The lowest BCUT2D eigenvalue weighted by Gasteiger charge is -2.36. The largest absolute Gasteiger partial charge is 0.314 e. The molecule has 5 nitrogen and oxygen atoms in total. The lowest BCUT2D eigenvalue weighted by atomic mass is 9.83. The van der Waals surface area contributed by atoms with Crippen molar-refractivity contribution in [1.82, 2.24) is 9.97 Å². The van der Waals surface area contributed by atoms with Gasteiger partial charge in [0, 0.05) is 23.0 Å². The number of nitrogens with one attached hydrogen (secondary N) is 1. The van der Waals surface area contributed by atoms with Crippen molar-refractivity contribution in [2.24, 2.45) is 0 Å². The third-order valence-corrected chi connectivity index (χ3v) is 4.89. The number of aromatic nitrogens is 2. The first kappa shape index (κ1) is 14.6. The first-order valence-corrected chi connectivity index (χ1v) is 7.92. The molecule has 1 aromatic heterocycles. The minimum Gasteiger partial charge on any atom is -0.314 e.